The lowest BCUT2D eigenvalue weighted by molar-refractivity contribution is 0.132. The van der Waals surface area contributed by atoms with Gasteiger partial charge in [0, 0.05) is 11.6 Å². The average molecular weight is 199 g/mol. The van der Waals surface area contributed by atoms with E-state index in [9.17, 15) is 0 Å². The Morgan fingerprint density at radius 2 is 2.00 bits per heavy atom. The van der Waals surface area contributed by atoms with E-state index in [-0.39, 0.29) is 11.6 Å². The van der Waals surface area contributed by atoms with Crippen molar-refractivity contribution in [1.29, 1.82) is 0 Å². The maximum absolute atomic E-state index is 5.58. The fourth-order valence-corrected chi connectivity index (χ4v) is 1.34. The van der Waals surface area contributed by atoms with Crippen LogP contribution in [-0.2, 0) is 0 Å². The molecule has 3 N–H and O–H groups in total. The molecule has 0 amide bonds. The first-order valence-corrected chi connectivity index (χ1v) is 5.10. The second kappa shape index (κ2) is 5.49. The number of allylic oxidation sites excluding steroid dienone is 1. The second-order valence-corrected chi connectivity index (χ2v) is 4.76. The van der Waals surface area contributed by atoms with Crippen LogP contribution in [-0.4, -0.2) is 30.6 Å². The molecule has 14 heavy (non-hydrogen) atoms. The van der Waals surface area contributed by atoms with E-state index in [0.29, 0.717) is 0 Å². The van der Waals surface area contributed by atoms with Gasteiger partial charge in [-0.1, -0.05) is 5.57 Å². The molecule has 3 nitrogen and oxygen atoms in total. The highest BCUT2D eigenvalue weighted by molar-refractivity contribution is 4.95. The van der Waals surface area contributed by atoms with Crippen molar-refractivity contribution in [3.05, 3.63) is 12.2 Å². The van der Waals surface area contributed by atoms with Gasteiger partial charge >= 0.3 is 0 Å². The predicted octanol–water partition coefficient (Wildman–Crippen LogP) is 1.51. The largest absolute Gasteiger partial charge is 0.303 e. The lowest BCUT2D eigenvalue weighted by Crippen LogP contribution is -2.57. The van der Waals surface area contributed by atoms with Crippen molar-refractivity contribution < 1.29 is 0 Å². The molecule has 0 aromatic rings. The predicted molar refractivity (Wildman–Crippen MR) is 62.9 cm³/mol. The summed E-state index contributed by atoms with van der Waals surface area (Å²) in [5.74, 6) is 5.58. The summed E-state index contributed by atoms with van der Waals surface area (Å²) >= 11 is 0. The highest BCUT2D eigenvalue weighted by Gasteiger charge is 2.30. The van der Waals surface area contributed by atoms with Crippen LogP contribution in [0.4, 0.5) is 0 Å². The van der Waals surface area contributed by atoms with Crippen molar-refractivity contribution in [2.45, 2.75) is 45.2 Å². The molecule has 0 saturated carbocycles. The topological polar surface area (TPSA) is 41.3 Å². The van der Waals surface area contributed by atoms with Gasteiger partial charge in [-0.25, -0.2) is 0 Å². The van der Waals surface area contributed by atoms with E-state index >= 15 is 0 Å². The van der Waals surface area contributed by atoms with Crippen LogP contribution in [0.1, 0.15) is 33.6 Å². The van der Waals surface area contributed by atoms with Crippen molar-refractivity contribution in [1.82, 2.24) is 10.3 Å². The monoisotopic (exact) mass is 199 g/mol. The molecule has 1 atom stereocenters. The number of hydrogen-bond donors (Lipinski definition) is 2. The first-order chi connectivity index (χ1) is 6.32. The Morgan fingerprint density at radius 3 is 2.29 bits per heavy atom. The van der Waals surface area contributed by atoms with Gasteiger partial charge in [-0.15, -0.1) is 6.58 Å². The maximum Gasteiger partial charge on any atom is 0.0392 e. The lowest BCUT2D eigenvalue weighted by Gasteiger charge is -2.40. The second-order valence-electron chi connectivity index (χ2n) is 4.76. The van der Waals surface area contributed by atoms with Crippen LogP contribution in [0.3, 0.4) is 0 Å². The van der Waals surface area contributed by atoms with E-state index < -0.39 is 0 Å². The van der Waals surface area contributed by atoms with Crippen LogP contribution in [0.25, 0.3) is 0 Å². The standard InChI is InChI=1S/C11H25N3/c1-9(2)7-8-10(13-12)11(3,4)14(5)6/h10,13H,1,7-8,12H2,2-6H3. The molecule has 0 aliphatic heterocycles. The molecule has 0 rings (SSSR count). The number of nitrogens with zero attached hydrogens (tertiary/aromatic N) is 1. The van der Waals surface area contributed by atoms with Crippen molar-refractivity contribution in [2.75, 3.05) is 14.1 Å². The fourth-order valence-electron chi connectivity index (χ4n) is 1.34. The van der Waals surface area contributed by atoms with Gasteiger partial charge in [0.25, 0.3) is 0 Å². The summed E-state index contributed by atoms with van der Waals surface area (Å²) in [5.41, 5.74) is 4.16. The highest BCUT2D eigenvalue weighted by atomic mass is 15.3. The molecule has 1 unspecified atom stereocenters. The molecule has 84 valence electrons. The van der Waals surface area contributed by atoms with Gasteiger partial charge in [0.1, 0.15) is 0 Å². The van der Waals surface area contributed by atoms with Gasteiger partial charge in [0.15, 0.2) is 0 Å². The molecule has 3 heteroatoms. The van der Waals surface area contributed by atoms with Crippen molar-refractivity contribution in [3.8, 4) is 0 Å². The molecule has 0 spiro atoms. The van der Waals surface area contributed by atoms with Gasteiger partial charge in [0.2, 0.25) is 0 Å². The fraction of sp³-hybridized carbons (Fsp3) is 0.818. The molecule has 0 radical (unpaired) electrons. The Morgan fingerprint density at radius 1 is 1.50 bits per heavy atom. The van der Waals surface area contributed by atoms with Crippen molar-refractivity contribution in [3.63, 3.8) is 0 Å². The Hall–Kier alpha value is -0.380. The zero-order valence-electron chi connectivity index (χ0n) is 10.2. The van der Waals surface area contributed by atoms with E-state index in [1.54, 1.807) is 0 Å². The van der Waals surface area contributed by atoms with Crippen LogP contribution in [0.2, 0.25) is 0 Å². The molecule has 0 fully saturated rings. The van der Waals surface area contributed by atoms with Gasteiger partial charge in [-0.05, 0) is 47.7 Å². The third-order valence-corrected chi connectivity index (χ3v) is 3.07. The summed E-state index contributed by atoms with van der Waals surface area (Å²) in [6.07, 6.45) is 2.04. The molecule has 0 aliphatic carbocycles. The van der Waals surface area contributed by atoms with Gasteiger partial charge in [0.05, 0.1) is 0 Å². The maximum atomic E-state index is 5.58. The molecule has 0 aromatic heterocycles. The molecule has 0 heterocycles. The van der Waals surface area contributed by atoms with E-state index in [1.165, 1.54) is 5.57 Å². The van der Waals surface area contributed by atoms with Gasteiger partial charge in [-0.3, -0.25) is 11.3 Å². The summed E-state index contributed by atoms with van der Waals surface area (Å²) in [4.78, 5) is 2.19. The normalized spacial score (nSPS) is 14.5. The molecule has 0 aliphatic rings. The molecular weight excluding hydrogens is 174 g/mol. The number of nitrogens with two attached hydrogens (primary N) is 1. The highest BCUT2D eigenvalue weighted by Crippen LogP contribution is 2.20. The minimum absolute atomic E-state index is 0.0597. The molecule has 0 bridgehead atoms. The Labute approximate surface area is 88.3 Å². The van der Waals surface area contributed by atoms with Crippen LogP contribution >= 0.6 is 0 Å². The van der Waals surface area contributed by atoms with Gasteiger partial charge < -0.3 is 4.90 Å². The lowest BCUT2D eigenvalue weighted by atomic mass is 9.89. The van der Waals surface area contributed by atoms with E-state index in [1.807, 2.05) is 0 Å². The Kier molecular flexibility index (Phi) is 5.34. The minimum Gasteiger partial charge on any atom is -0.303 e. The van der Waals surface area contributed by atoms with Crippen LogP contribution in [0, 0.1) is 0 Å². The SMILES string of the molecule is C=C(C)CCC(NN)C(C)(C)N(C)C. The van der Waals surface area contributed by atoms with E-state index in [2.05, 4.69) is 51.8 Å². The summed E-state index contributed by atoms with van der Waals surface area (Å²) in [6, 6.07) is 0.286. The number of hydrogen-bond acceptors (Lipinski definition) is 3. The minimum atomic E-state index is 0.0597. The quantitative estimate of drug-likeness (QED) is 0.387. The van der Waals surface area contributed by atoms with Gasteiger partial charge in [-0.2, -0.15) is 0 Å². The first kappa shape index (κ1) is 13.6. The van der Waals surface area contributed by atoms with Crippen LogP contribution in [0.5, 0.6) is 0 Å². The molecule has 0 saturated heterocycles. The van der Waals surface area contributed by atoms with Crippen LogP contribution < -0.4 is 11.3 Å². The summed E-state index contributed by atoms with van der Waals surface area (Å²) in [6.45, 7) is 10.3. The molecule has 0 aromatic carbocycles. The Balaban J connectivity index is 4.32. The number of hydrazine groups is 1. The first-order valence-electron chi connectivity index (χ1n) is 5.10. The van der Waals surface area contributed by atoms with E-state index in [4.69, 9.17) is 5.84 Å². The van der Waals surface area contributed by atoms with Crippen molar-refractivity contribution >= 4 is 0 Å². The zero-order chi connectivity index (χ0) is 11.4. The summed E-state index contributed by atoms with van der Waals surface area (Å²) in [7, 11) is 4.15. The Bertz CT molecular complexity index is 185. The summed E-state index contributed by atoms with van der Waals surface area (Å²) in [5, 5.41) is 0. The third kappa shape index (κ3) is 3.78. The zero-order valence-corrected chi connectivity index (χ0v) is 10.2. The van der Waals surface area contributed by atoms with Crippen molar-refractivity contribution in [2.24, 2.45) is 5.84 Å². The van der Waals surface area contributed by atoms with E-state index in [0.717, 1.165) is 12.8 Å². The number of likely N-dealkylation sites (N-methyl/N-ethyl adjacent to an activating group) is 1. The summed E-state index contributed by atoms with van der Waals surface area (Å²) < 4.78 is 0. The number of rotatable bonds is 6. The number of nitrogens with one attached hydrogen (secondary N) is 1. The average Bonchev–Trinajstić information content (AvgIpc) is 2.04. The van der Waals surface area contributed by atoms with Crippen LogP contribution in [0.15, 0.2) is 12.2 Å². The third-order valence-electron chi connectivity index (χ3n) is 3.07. The molecular formula is C11H25N3. The smallest absolute Gasteiger partial charge is 0.0392 e.